The molecule has 2 fully saturated rings. The van der Waals surface area contributed by atoms with Gasteiger partial charge < -0.3 is 26.4 Å². The van der Waals surface area contributed by atoms with E-state index in [1.54, 1.807) is 12.3 Å². The van der Waals surface area contributed by atoms with Crippen molar-refractivity contribution < 1.29 is 19.1 Å². The third-order valence-corrected chi connectivity index (χ3v) is 6.64. The number of fused-ring (bicyclic) bond motifs is 6. The summed E-state index contributed by atoms with van der Waals surface area (Å²) in [5.41, 5.74) is 6.00. The molecule has 9 heteroatoms. The Morgan fingerprint density at radius 3 is 3.00 bits per heavy atom. The van der Waals surface area contributed by atoms with Crippen LogP contribution in [0.25, 0.3) is 0 Å². The molecule has 5 N–H and O–H groups in total. The van der Waals surface area contributed by atoms with E-state index in [2.05, 4.69) is 33.1 Å². The van der Waals surface area contributed by atoms with Crippen molar-refractivity contribution in [3.05, 3.63) is 30.6 Å². The van der Waals surface area contributed by atoms with E-state index in [4.69, 9.17) is 10.5 Å². The van der Waals surface area contributed by atoms with E-state index < -0.39 is 24.0 Å². The van der Waals surface area contributed by atoms with E-state index in [0.29, 0.717) is 29.2 Å². The van der Waals surface area contributed by atoms with Crippen molar-refractivity contribution in [1.82, 2.24) is 15.6 Å². The molecule has 5 rings (SSSR count). The molecule has 0 radical (unpaired) electrons. The van der Waals surface area contributed by atoms with Gasteiger partial charge in [-0.05, 0) is 36.6 Å². The third-order valence-electron chi connectivity index (χ3n) is 6.64. The van der Waals surface area contributed by atoms with Crippen LogP contribution in [-0.2, 0) is 14.4 Å². The average molecular weight is 397 g/mol. The first-order chi connectivity index (χ1) is 14.0. The van der Waals surface area contributed by atoms with Crippen molar-refractivity contribution in [3.8, 4) is 5.75 Å². The molecule has 4 aliphatic rings. The summed E-state index contributed by atoms with van der Waals surface area (Å²) in [5, 5.41) is 8.76. The summed E-state index contributed by atoms with van der Waals surface area (Å²) in [6, 6.07) is 0.275. The van der Waals surface area contributed by atoms with Gasteiger partial charge in [0, 0.05) is 18.7 Å². The number of hydrogen-bond acceptors (Lipinski definition) is 6. The van der Waals surface area contributed by atoms with E-state index in [0.717, 1.165) is 13.0 Å². The number of nitrogens with zero attached hydrogens (tertiary/aromatic N) is 1. The number of hydrogen-bond donors (Lipinski definition) is 4. The van der Waals surface area contributed by atoms with Gasteiger partial charge in [-0.2, -0.15) is 0 Å². The van der Waals surface area contributed by atoms with E-state index in [1.807, 2.05) is 0 Å². The lowest BCUT2D eigenvalue weighted by molar-refractivity contribution is -0.131. The van der Waals surface area contributed by atoms with Crippen LogP contribution < -0.4 is 26.4 Å². The molecule has 1 aromatic heterocycles. The Bertz CT molecular complexity index is 903. The van der Waals surface area contributed by atoms with Crippen LogP contribution in [0.1, 0.15) is 12.8 Å². The number of carbonyl (C=O) groups is 3. The Kier molecular flexibility index (Phi) is 4.27. The number of aromatic nitrogens is 1. The number of nitrogens with two attached hydrogens (primary N) is 1. The topological polar surface area (TPSA) is 135 Å². The van der Waals surface area contributed by atoms with Gasteiger partial charge in [0.1, 0.15) is 17.5 Å². The molecule has 2 aliphatic carbocycles. The molecule has 9 nitrogen and oxygen atoms in total. The maximum absolute atomic E-state index is 12.9. The van der Waals surface area contributed by atoms with E-state index in [9.17, 15) is 14.4 Å². The van der Waals surface area contributed by atoms with Gasteiger partial charge in [-0.25, -0.2) is 0 Å². The Hall–Kier alpha value is -2.94. The lowest BCUT2D eigenvalue weighted by Gasteiger charge is -2.29. The van der Waals surface area contributed by atoms with Crippen LogP contribution in [0.4, 0.5) is 5.69 Å². The highest BCUT2D eigenvalue weighted by Crippen LogP contribution is 2.51. The second kappa shape index (κ2) is 6.84. The number of primary amides is 1. The Morgan fingerprint density at radius 2 is 2.17 bits per heavy atom. The summed E-state index contributed by atoms with van der Waals surface area (Å²) < 4.78 is 5.71. The maximum Gasteiger partial charge on any atom is 0.265 e. The molecule has 3 amide bonds. The summed E-state index contributed by atoms with van der Waals surface area (Å²) in [6.07, 6.45) is 7.63. The molecule has 3 heterocycles. The SMILES string of the molecule is NC(=O)[C@H](C[C@@H]1Oc2ccncc2NC1=O)NC(=O)[C@H]1NC[C@H]2[C@@H]1[C@H]1C=C[C@@H]2C1. The van der Waals surface area contributed by atoms with Crippen molar-refractivity contribution in [2.45, 2.75) is 31.0 Å². The second-order valence-electron chi connectivity index (χ2n) is 8.24. The highest BCUT2D eigenvalue weighted by Gasteiger charge is 2.53. The lowest BCUT2D eigenvalue weighted by atomic mass is 9.81. The normalized spacial score (nSPS) is 34.7. The largest absolute Gasteiger partial charge is 0.478 e. The highest BCUT2D eigenvalue weighted by atomic mass is 16.5. The minimum Gasteiger partial charge on any atom is -0.478 e. The monoisotopic (exact) mass is 397 g/mol. The number of pyridine rings is 1. The predicted molar refractivity (Wildman–Crippen MR) is 103 cm³/mol. The first kappa shape index (κ1) is 18.1. The van der Waals surface area contributed by atoms with Gasteiger partial charge in [0.25, 0.3) is 5.91 Å². The Balaban J connectivity index is 1.27. The minimum atomic E-state index is -1.00. The molecule has 29 heavy (non-hydrogen) atoms. The average Bonchev–Trinajstić information content (AvgIpc) is 3.41. The van der Waals surface area contributed by atoms with Gasteiger partial charge in [0.2, 0.25) is 11.8 Å². The molecule has 2 aliphatic heterocycles. The molecule has 7 atom stereocenters. The quantitative estimate of drug-likeness (QED) is 0.497. The number of nitrogens with one attached hydrogen (secondary N) is 3. The van der Waals surface area contributed by atoms with Gasteiger partial charge in [0.05, 0.1) is 12.2 Å². The molecule has 152 valence electrons. The highest BCUT2D eigenvalue weighted by molar-refractivity contribution is 5.98. The van der Waals surface area contributed by atoms with Crippen LogP contribution in [0.2, 0.25) is 0 Å². The molecule has 0 spiro atoms. The zero-order valence-electron chi connectivity index (χ0n) is 15.7. The summed E-state index contributed by atoms with van der Waals surface area (Å²) in [4.78, 5) is 41.2. The summed E-state index contributed by atoms with van der Waals surface area (Å²) in [6.45, 7) is 0.800. The fraction of sp³-hybridized carbons (Fsp3) is 0.500. The van der Waals surface area contributed by atoms with Crippen LogP contribution in [0, 0.1) is 23.7 Å². The van der Waals surface area contributed by atoms with Crippen LogP contribution in [0.5, 0.6) is 5.75 Å². The molecular weight excluding hydrogens is 374 g/mol. The summed E-state index contributed by atoms with van der Waals surface area (Å²) >= 11 is 0. The lowest BCUT2D eigenvalue weighted by Crippen LogP contribution is -2.54. The standard InChI is InChI=1S/C20H23N5O4/c21-18(26)12(6-15-19(27)25-13-8-22-4-3-14(13)29-15)24-20(28)17-16-10-2-1-9(5-10)11(16)7-23-17/h1-4,8-12,15-17,23H,5-7H2,(H2,21,26)(H,24,28)(H,25,27)/t9-,10+,11-,12+,15+,16+,17+/m1/s1. The van der Waals surface area contributed by atoms with E-state index in [1.165, 1.54) is 6.20 Å². The van der Waals surface area contributed by atoms with E-state index in [-0.39, 0.29) is 24.3 Å². The number of anilines is 1. The van der Waals surface area contributed by atoms with Gasteiger partial charge >= 0.3 is 0 Å². The number of amides is 3. The predicted octanol–water partition coefficient (Wildman–Crippen LogP) is -0.449. The number of carbonyl (C=O) groups excluding carboxylic acids is 3. The minimum absolute atomic E-state index is 0.0402. The van der Waals surface area contributed by atoms with Crippen molar-refractivity contribution in [2.24, 2.45) is 29.4 Å². The zero-order valence-corrected chi connectivity index (χ0v) is 15.7. The fourth-order valence-corrected chi connectivity index (χ4v) is 5.29. The first-order valence-corrected chi connectivity index (χ1v) is 9.94. The summed E-state index contributed by atoms with van der Waals surface area (Å²) in [5.74, 6) is 0.770. The Labute approximate surface area is 167 Å². The van der Waals surface area contributed by atoms with E-state index >= 15 is 0 Å². The molecule has 0 unspecified atom stereocenters. The second-order valence-corrected chi connectivity index (χ2v) is 8.24. The maximum atomic E-state index is 12.9. The number of rotatable bonds is 5. The van der Waals surface area contributed by atoms with Crippen molar-refractivity contribution in [2.75, 3.05) is 11.9 Å². The molecule has 1 saturated heterocycles. The summed E-state index contributed by atoms with van der Waals surface area (Å²) in [7, 11) is 0. The molecule has 2 bridgehead atoms. The van der Waals surface area contributed by atoms with Crippen LogP contribution in [0.15, 0.2) is 30.6 Å². The molecule has 1 aromatic rings. The molecule has 0 aromatic carbocycles. The van der Waals surface area contributed by atoms with Gasteiger partial charge in [0.15, 0.2) is 6.10 Å². The van der Waals surface area contributed by atoms with Gasteiger partial charge in [-0.15, -0.1) is 0 Å². The number of ether oxygens (including phenoxy) is 1. The van der Waals surface area contributed by atoms with Crippen LogP contribution in [0.3, 0.4) is 0 Å². The van der Waals surface area contributed by atoms with Crippen LogP contribution in [-0.4, -0.2) is 47.4 Å². The molecular formula is C20H23N5O4. The van der Waals surface area contributed by atoms with Crippen LogP contribution >= 0.6 is 0 Å². The fourth-order valence-electron chi connectivity index (χ4n) is 5.29. The number of allylic oxidation sites excluding steroid dienone is 2. The van der Waals surface area contributed by atoms with Crippen molar-refractivity contribution in [1.29, 1.82) is 0 Å². The first-order valence-electron chi connectivity index (χ1n) is 9.94. The third kappa shape index (κ3) is 3.05. The zero-order chi connectivity index (χ0) is 20.1. The van der Waals surface area contributed by atoms with Gasteiger partial charge in [-0.3, -0.25) is 19.4 Å². The van der Waals surface area contributed by atoms with Gasteiger partial charge in [-0.1, -0.05) is 12.2 Å². The molecule has 1 saturated carbocycles. The van der Waals surface area contributed by atoms with Crippen molar-refractivity contribution >= 4 is 23.4 Å². The van der Waals surface area contributed by atoms with Crippen molar-refractivity contribution in [3.63, 3.8) is 0 Å². The smallest absolute Gasteiger partial charge is 0.265 e. The Morgan fingerprint density at radius 1 is 1.34 bits per heavy atom.